The largest absolute Gasteiger partial charge is 0.339 e. The summed E-state index contributed by atoms with van der Waals surface area (Å²) in [5, 5.41) is 3.44. The van der Waals surface area contributed by atoms with E-state index in [0.717, 1.165) is 21.8 Å². The van der Waals surface area contributed by atoms with Crippen molar-refractivity contribution in [3.8, 4) is 0 Å². The smallest absolute Gasteiger partial charge is 0.0650 e. The fourth-order valence-electron chi connectivity index (χ4n) is 2.49. The number of halogens is 4. The van der Waals surface area contributed by atoms with Crippen molar-refractivity contribution in [2.24, 2.45) is 0 Å². The van der Waals surface area contributed by atoms with Gasteiger partial charge in [-0.2, -0.15) is 0 Å². The van der Waals surface area contributed by atoms with Crippen LogP contribution in [-0.2, 0) is 6.54 Å². The van der Waals surface area contributed by atoms with E-state index in [2.05, 4.69) is 4.57 Å². The Hall–Kier alpha value is -0.600. The lowest BCUT2D eigenvalue weighted by atomic mass is 10.1. The molecule has 0 aliphatic heterocycles. The van der Waals surface area contributed by atoms with E-state index in [-0.39, 0.29) is 5.38 Å². The standard InChI is InChI=1S/C15H11Cl4N/c16-7-11(19)8-20-14-3-1-9(17)5-12(14)13-6-10(18)2-4-15(13)20/h1-6,11H,7-8H2/t11-/m1/s1. The minimum atomic E-state index is -0.123. The second kappa shape index (κ2) is 5.65. The maximum Gasteiger partial charge on any atom is 0.0650 e. The van der Waals surface area contributed by atoms with Gasteiger partial charge in [-0.1, -0.05) is 23.2 Å². The topological polar surface area (TPSA) is 4.93 Å². The van der Waals surface area contributed by atoms with Gasteiger partial charge >= 0.3 is 0 Å². The minimum absolute atomic E-state index is 0.123. The molecule has 0 unspecified atom stereocenters. The third kappa shape index (κ3) is 2.48. The fourth-order valence-corrected chi connectivity index (χ4v) is 3.07. The lowest BCUT2D eigenvalue weighted by Gasteiger charge is -2.10. The van der Waals surface area contributed by atoms with Crippen LogP contribution in [0.3, 0.4) is 0 Å². The monoisotopic (exact) mass is 345 g/mol. The molecule has 3 aromatic rings. The molecule has 0 bridgehead atoms. The van der Waals surface area contributed by atoms with Gasteiger partial charge in [-0.15, -0.1) is 23.2 Å². The van der Waals surface area contributed by atoms with Crippen LogP contribution in [0.25, 0.3) is 21.8 Å². The predicted molar refractivity (Wildman–Crippen MR) is 89.8 cm³/mol. The van der Waals surface area contributed by atoms with E-state index in [0.29, 0.717) is 22.5 Å². The molecule has 0 N–H and O–H groups in total. The lowest BCUT2D eigenvalue weighted by molar-refractivity contribution is 0.735. The van der Waals surface area contributed by atoms with Gasteiger partial charge in [-0.3, -0.25) is 0 Å². The zero-order valence-corrected chi connectivity index (χ0v) is 13.4. The van der Waals surface area contributed by atoms with Crippen molar-refractivity contribution in [1.82, 2.24) is 4.57 Å². The first-order valence-corrected chi connectivity index (χ1v) is 7.90. The molecule has 0 radical (unpaired) electrons. The molecule has 0 fully saturated rings. The van der Waals surface area contributed by atoms with Gasteiger partial charge in [0.05, 0.1) is 5.38 Å². The number of hydrogen-bond donors (Lipinski definition) is 0. The first-order chi connectivity index (χ1) is 9.60. The number of benzene rings is 2. The third-order valence-corrected chi connectivity index (χ3v) is 4.63. The molecule has 0 spiro atoms. The van der Waals surface area contributed by atoms with Gasteiger partial charge in [0, 0.05) is 44.3 Å². The third-order valence-electron chi connectivity index (χ3n) is 3.34. The highest BCUT2D eigenvalue weighted by atomic mass is 35.5. The SMILES string of the molecule is ClC[C@@H](Cl)Cn1c2ccc(Cl)cc2c2cc(Cl)ccc21. The van der Waals surface area contributed by atoms with Crippen LogP contribution in [0.4, 0.5) is 0 Å². The van der Waals surface area contributed by atoms with Crippen molar-refractivity contribution in [3.63, 3.8) is 0 Å². The Bertz CT molecular complexity index is 719. The average molecular weight is 347 g/mol. The molecule has 1 aromatic heterocycles. The van der Waals surface area contributed by atoms with Gasteiger partial charge < -0.3 is 4.57 Å². The zero-order chi connectivity index (χ0) is 14.3. The quantitative estimate of drug-likeness (QED) is 0.516. The summed E-state index contributed by atoms with van der Waals surface area (Å²) in [5.74, 6) is 0.407. The highest BCUT2D eigenvalue weighted by molar-refractivity contribution is 6.33. The molecule has 1 nitrogen and oxygen atoms in total. The number of alkyl halides is 2. The Balaban J connectivity index is 2.34. The molecular formula is C15H11Cl4N. The van der Waals surface area contributed by atoms with E-state index >= 15 is 0 Å². The van der Waals surface area contributed by atoms with Crippen LogP contribution < -0.4 is 0 Å². The average Bonchev–Trinajstić information content (AvgIpc) is 2.72. The maximum atomic E-state index is 6.22. The lowest BCUT2D eigenvalue weighted by Crippen LogP contribution is -2.11. The first-order valence-electron chi connectivity index (χ1n) is 6.17. The Labute approximate surface area is 137 Å². The Kier molecular flexibility index (Phi) is 4.05. The predicted octanol–water partition coefficient (Wildman–Crippen LogP) is 5.95. The summed E-state index contributed by atoms with van der Waals surface area (Å²) >= 11 is 24.3. The normalized spacial score (nSPS) is 13.2. The van der Waals surface area contributed by atoms with E-state index in [1.165, 1.54) is 0 Å². The van der Waals surface area contributed by atoms with E-state index in [4.69, 9.17) is 46.4 Å². The second-order valence-electron chi connectivity index (χ2n) is 4.69. The van der Waals surface area contributed by atoms with Crippen molar-refractivity contribution in [2.75, 3.05) is 5.88 Å². The Morgan fingerprint density at radius 1 is 0.900 bits per heavy atom. The van der Waals surface area contributed by atoms with E-state index in [9.17, 15) is 0 Å². The molecule has 0 aliphatic rings. The number of nitrogens with zero attached hydrogens (tertiary/aromatic N) is 1. The minimum Gasteiger partial charge on any atom is -0.339 e. The van der Waals surface area contributed by atoms with E-state index in [1.54, 1.807) is 0 Å². The molecular weight excluding hydrogens is 336 g/mol. The van der Waals surface area contributed by atoms with Gasteiger partial charge in [-0.05, 0) is 36.4 Å². The molecule has 0 amide bonds. The van der Waals surface area contributed by atoms with E-state index < -0.39 is 0 Å². The summed E-state index contributed by atoms with van der Waals surface area (Å²) in [4.78, 5) is 0. The van der Waals surface area contributed by atoms with Crippen molar-refractivity contribution in [1.29, 1.82) is 0 Å². The highest BCUT2D eigenvalue weighted by Crippen LogP contribution is 2.33. The zero-order valence-electron chi connectivity index (χ0n) is 10.4. The van der Waals surface area contributed by atoms with Crippen LogP contribution in [0.1, 0.15) is 0 Å². The molecule has 2 aromatic carbocycles. The number of fused-ring (bicyclic) bond motifs is 3. The molecule has 20 heavy (non-hydrogen) atoms. The summed E-state index contributed by atoms with van der Waals surface area (Å²) in [7, 11) is 0. The molecule has 1 heterocycles. The second-order valence-corrected chi connectivity index (χ2v) is 6.48. The van der Waals surface area contributed by atoms with Gasteiger partial charge in [0.15, 0.2) is 0 Å². The number of aromatic nitrogens is 1. The highest BCUT2D eigenvalue weighted by Gasteiger charge is 2.14. The molecule has 3 rings (SSSR count). The number of rotatable bonds is 3. The Morgan fingerprint density at radius 2 is 1.40 bits per heavy atom. The molecule has 1 atom stereocenters. The number of hydrogen-bond acceptors (Lipinski definition) is 0. The summed E-state index contributed by atoms with van der Waals surface area (Å²) < 4.78 is 2.16. The molecule has 0 aliphatic carbocycles. The van der Waals surface area contributed by atoms with Crippen LogP contribution in [0, 0.1) is 0 Å². The van der Waals surface area contributed by atoms with Crippen molar-refractivity contribution in [2.45, 2.75) is 11.9 Å². The van der Waals surface area contributed by atoms with Crippen LogP contribution in [-0.4, -0.2) is 15.8 Å². The van der Waals surface area contributed by atoms with Crippen LogP contribution >= 0.6 is 46.4 Å². The van der Waals surface area contributed by atoms with Crippen molar-refractivity contribution in [3.05, 3.63) is 46.4 Å². The maximum absolute atomic E-state index is 6.22. The molecule has 104 valence electrons. The summed E-state index contributed by atoms with van der Waals surface area (Å²) in [6, 6.07) is 11.7. The summed E-state index contributed by atoms with van der Waals surface area (Å²) in [5.41, 5.74) is 2.17. The first kappa shape index (κ1) is 14.3. The van der Waals surface area contributed by atoms with Crippen molar-refractivity contribution < 1.29 is 0 Å². The fraction of sp³-hybridized carbons (Fsp3) is 0.200. The molecule has 0 saturated carbocycles. The molecule has 5 heteroatoms. The van der Waals surface area contributed by atoms with Crippen molar-refractivity contribution >= 4 is 68.2 Å². The van der Waals surface area contributed by atoms with Gasteiger partial charge in [0.25, 0.3) is 0 Å². The van der Waals surface area contributed by atoms with Crippen LogP contribution in [0.2, 0.25) is 10.0 Å². The van der Waals surface area contributed by atoms with E-state index in [1.807, 2.05) is 36.4 Å². The summed E-state index contributed by atoms with van der Waals surface area (Å²) in [6.07, 6.45) is 0. The molecule has 0 saturated heterocycles. The van der Waals surface area contributed by atoms with Crippen LogP contribution in [0.15, 0.2) is 36.4 Å². The van der Waals surface area contributed by atoms with Crippen LogP contribution in [0.5, 0.6) is 0 Å². The Morgan fingerprint density at radius 3 is 1.85 bits per heavy atom. The van der Waals surface area contributed by atoms with Gasteiger partial charge in [0.1, 0.15) is 0 Å². The van der Waals surface area contributed by atoms with Gasteiger partial charge in [0.2, 0.25) is 0 Å². The summed E-state index contributed by atoms with van der Waals surface area (Å²) in [6.45, 7) is 0.647. The van der Waals surface area contributed by atoms with Gasteiger partial charge in [-0.25, -0.2) is 0 Å².